The molecule has 0 aliphatic heterocycles. The Morgan fingerprint density at radius 3 is 3.00 bits per heavy atom. The number of carbonyl (C=O) groups is 1. The number of aromatic nitrogens is 1. The molecule has 0 radical (unpaired) electrons. The summed E-state index contributed by atoms with van der Waals surface area (Å²) >= 11 is 1.24. The van der Waals surface area contributed by atoms with Crippen molar-refractivity contribution in [3.63, 3.8) is 0 Å². The summed E-state index contributed by atoms with van der Waals surface area (Å²) in [6, 6.07) is 7.93. The van der Waals surface area contributed by atoms with Crippen molar-refractivity contribution in [1.82, 2.24) is 4.98 Å². The highest BCUT2D eigenvalue weighted by Crippen LogP contribution is 2.31. The molecule has 106 valence electrons. The van der Waals surface area contributed by atoms with Crippen molar-refractivity contribution in [2.24, 2.45) is 5.16 Å². The Kier molecular flexibility index (Phi) is 3.53. The van der Waals surface area contributed by atoms with Gasteiger partial charge in [0, 0.05) is 11.0 Å². The molecule has 6 heteroatoms. The van der Waals surface area contributed by atoms with Gasteiger partial charge in [0.15, 0.2) is 5.69 Å². The fourth-order valence-electron chi connectivity index (χ4n) is 2.30. The molecule has 0 amide bonds. The molecule has 1 aliphatic carbocycles. The van der Waals surface area contributed by atoms with E-state index in [1.54, 1.807) is 5.38 Å². The van der Waals surface area contributed by atoms with Crippen LogP contribution < -0.4 is 0 Å². The van der Waals surface area contributed by atoms with Crippen LogP contribution in [0.25, 0.3) is 5.57 Å². The van der Waals surface area contributed by atoms with Gasteiger partial charge in [-0.3, -0.25) is 0 Å². The van der Waals surface area contributed by atoms with Crippen molar-refractivity contribution in [3.8, 4) is 0 Å². The van der Waals surface area contributed by atoms with Crippen LogP contribution in [0.4, 0.5) is 0 Å². The lowest BCUT2D eigenvalue weighted by Crippen LogP contribution is -2.06. The Bertz CT molecular complexity index is 762. The number of allylic oxidation sites excluding steroid dienone is 2. The van der Waals surface area contributed by atoms with E-state index < -0.39 is 5.97 Å². The van der Waals surface area contributed by atoms with Gasteiger partial charge in [0.2, 0.25) is 0 Å². The van der Waals surface area contributed by atoms with Crippen molar-refractivity contribution in [2.75, 3.05) is 7.11 Å². The van der Waals surface area contributed by atoms with E-state index in [1.165, 1.54) is 24.0 Å². The molecule has 1 aliphatic rings. The standard InChI is InChI=1S/C15H12N2O3S/c1-20-15(18)12-8-21-14(16-12)13(17-19)11-7-6-9-4-2-3-5-10(9)11/h2-5,7-8,19H,6H2,1H3/b17-13-. The van der Waals surface area contributed by atoms with Crippen LogP contribution in [0.1, 0.15) is 26.6 Å². The molecule has 1 aromatic heterocycles. The van der Waals surface area contributed by atoms with Crippen molar-refractivity contribution in [1.29, 1.82) is 0 Å². The van der Waals surface area contributed by atoms with Gasteiger partial charge in [0.05, 0.1) is 7.11 Å². The molecular formula is C15H12N2O3S. The van der Waals surface area contributed by atoms with E-state index in [4.69, 9.17) is 0 Å². The second-order valence-electron chi connectivity index (χ2n) is 4.46. The molecule has 5 nitrogen and oxygen atoms in total. The zero-order chi connectivity index (χ0) is 14.8. The summed E-state index contributed by atoms with van der Waals surface area (Å²) in [5.74, 6) is -0.504. The Labute approximate surface area is 125 Å². The molecule has 0 fully saturated rings. The van der Waals surface area contributed by atoms with Gasteiger partial charge in [-0.25, -0.2) is 9.78 Å². The fourth-order valence-corrected chi connectivity index (χ4v) is 3.09. The summed E-state index contributed by atoms with van der Waals surface area (Å²) in [6.07, 6.45) is 2.79. The van der Waals surface area contributed by atoms with Crippen LogP contribution in [0, 0.1) is 0 Å². The molecule has 21 heavy (non-hydrogen) atoms. The predicted molar refractivity (Wildman–Crippen MR) is 79.9 cm³/mol. The van der Waals surface area contributed by atoms with E-state index in [-0.39, 0.29) is 5.69 Å². The van der Waals surface area contributed by atoms with Crippen molar-refractivity contribution >= 4 is 28.6 Å². The van der Waals surface area contributed by atoms with Crippen LogP contribution in [0.5, 0.6) is 0 Å². The fraction of sp³-hybridized carbons (Fsp3) is 0.133. The second-order valence-corrected chi connectivity index (χ2v) is 5.32. The summed E-state index contributed by atoms with van der Waals surface area (Å²) in [5, 5.41) is 14.8. The van der Waals surface area contributed by atoms with Gasteiger partial charge in [-0.2, -0.15) is 0 Å². The molecule has 3 rings (SSSR count). The van der Waals surface area contributed by atoms with E-state index in [0.717, 1.165) is 17.6 Å². The van der Waals surface area contributed by atoms with E-state index in [2.05, 4.69) is 14.9 Å². The Balaban J connectivity index is 1.98. The lowest BCUT2D eigenvalue weighted by molar-refractivity contribution is 0.0595. The third-order valence-electron chi connectivity index (χ3n) is 3.29. The number of carbonyl (C=O) groups excluding carboxylic acids is 1. The molecule has 0 saturated carbocycles. The van der Waals surface area contributed by atoms with E-state index >= 15 is 0 Å². The van der Waals surface area contributed by atoms with Crippen LogP contribution in [0.3, 0.4) is 0 Å². The number of rotatable bonds is 3. The summed E-state index contributed by atoms with van der Waals surface area (Å²) < 4.78 is 4.63. The summed E-state index contributed by atoms with van der Waals surface area (Å²) in [5.41, 5.74) is 3.63. The number of esters is 1. The number of thiazole rings is 1. The van der Waals surface area contributed by atoms with E-state index in [0.29, 0.717) is 10.7 Å². The quantitative estimate of drug-likeness (QED) is 0.409. The first kappa shape index (κ1) is 13.5. The second kappa shape index (κ2) is 5.49. The molecule has 0 atom stereocenters. The average Bonchev–Trinajstić information content (AvgIpc) is 3.15. The van der Waals surface area contributed by atoms with Gasteiger partial charge in [-0.15, -0.1) is 11.3 Å². The predicted octanol–water partition coefficient (Wildman–Crippen LogP) is 2.75. The zero-order valence-electron chi connectivity index (χ0n) is 11.2. The molecule has 0 unspecified atom stereocenters. The van der Waals surface area contributed by atoms with Crippen LogP contribution >= 0.6 is 11.3 Å². The highest BCUT2D eigenvalue weighted by Gasteiger charge is 2.23. The minimum Gasteiger partial charge on any atom is -0.464 e. The van der Waals surface area contributed by atoms with Crippen molar-refractivity contribution in [2.45, 2.75) is 6.42 Å². The third kappa shape index (κ3) is 2.34. The van der Waals surface area contributed by atoms with Crippen LogP contribution in [-0.2, 0) is 11.2 Å². The van der Waals surface area contributed by atoms with E-state index in [9.17, 15) is 10.0 Å². The first-order valence-electron chi connectivity index (χ1n) is 6.29. The maximum atomic E-state index is 11.5. The molecule has 1 heterocycles. The Morgan fingerprint density at radius 2 is 2.24 bits per heavy atom. The van der Waals surface area contributed by atoms with Crippen LogP contribution in [-0.4, -0.2) is 29.0 Å². The van der Waals surface area contributed by atoms with Gasteiger partial charge in [0.1, 0.15) is 10.7 Å². The molecule has 2 aromatic rings. The number of oxime groups is 1. The number of nitrogens with zero attached hydrogens (tertiary/aromatic N) is 2. The topological polar surface area (TPSA) is 71.8 Å². The summed E-state index contributed by atoms with van der Waals surface area (Å²) in [7, 11) is 1.30. The minimum absolute atomic E-state index is 0.213. The maximum absolute atomic E-state index is 11.5. The Morgan fingerprint density at radius 1 is 1.43 bits per heavy atom. The lowest BCUT2D eigenvalue weighted by Gasteiger charge is -2.05. The van der Waals surface area contributed by atoms with Gasteiger partial charge in [0.25, 0.3) is 0 Å². The first-order chi connectivity index (χ1) is 10.2. The first-order valence-corrected chi connectivity index (χ1v) is 7.17. The van der Waals surface area contributed by atoms with Crippen molar-refractivity contribution in [3.05, 3.63) is 57.6 Å². The number of fused-ring (bicyclic) bond motifs is 1. The third-order valence-corrected chi connectivity index (χ3v) is 4.14. The molecule has 0 saturated heterocycles. The normalized spacial score (nSPS) is 13.8. The van der Waals surface area contributed by atoms with Crippen molar-refractivity contribution < 1.29 is 14.7 Å². The maximum Gasteiger partial charge on any atom is 0.357 e. The smallest absolute Gasteiger partial charge is 0.357 e. The largest absolute Gasteiger partial charge is 0.464 e. The minimum atomic E-state index is -0.504. The number of hydrogen-bond acceptors (Lipinski definition) is 6. The zero-order valence-corrected chi connectivity index (χ0v) is 12.1. The molecule has 1 N–H and O–H groups in total. The monoisotopic (exact) mass is 300 g/mol. The molecule has 1 aromatic carbocycles. The lowest BCUT2D eigenvalue weighted by atomic mass is 10.0. The highest BCUT2D eigenvalue weighted by molar-refractivity contribution is 7.12. The van der Waals surface area contributed by atoms with E-state index in [1.807, 2.05) is 30.3 Å². The summed E-state index contributed by atoms with van der Waals surface area (Å²) in [6.45, 7) is 0. The molecule has 0 spiro atoms. The van der Waals surface area contributed by atoms with Gasteiger partial charge >= 0.3 is 5.97 Å². The highest BCUT2D eigenvalue weighted by atomic mass is 32.1. The number of benzene rings is 1. The van der Waals surface area contributed by atoms with Crippen LogP contribution in [0.2, 0.25) is 0 Å². The van der Waals surface area contributed by atoms with Gasteiger partial charge < -0.3 is 9.94 Å². The van der Waals surface area contributed by atoms with Gasteiger partial charge in [-0.05, 0) is 17.5 Å². The van der Waals surface area contributed by atoms with Gasteiger partial charge in [-0.1, -0.05) is 35.5 Å². The van der Waals surface area contributed by atoms with Crippen LogP contribution in [0.15, 0.2) is 40.9 Å². The summed E-state index contributed by atoms with van der Waals surface area (Å²) in [4.78, 5) is 15.6. The molecular weight excluding hydrogens is 288 g/mol. The number of ether oxygens (including phenoxy) is 1. The molecule has 0 bridgehead atoms. The number of hydrogen-bond donors (Lipinski definition) is 1. The average molecular weight is 300 g/mol. The SMILES string of the molecule is COC(=O)c1csc(/C(=N\O)C2=CCc3ccccc32)n1. The Hall–Kier alpha value is -2.47. The number of methoxy groups -OCH3 is 1.